The summed E-state index contributed by atoms with van der Waals surface area (Å²) in [5, 5.41) is 14.5. The molecule has 0 radical (unpaired) electrons. The summed E-state index contributed by atoms with van der Waals surface area (Å²) in [4.78, 5) is 14.8. The number of thiocarbonyl (C=S) groups is 1. The van der Waals surface area contributed by atoms with Gasteiger partial charge >= 0.3 is 0 Å². The van der Waals surface area contributed by atoms with E-state index in [2.05, 4.69) is 10.2 Å². The van der Waals surface area contributed by atoms with Crippen LogP contribution in [-0.2, 0) is 0 Å². The summed E-state index contributed by atoms with van der Waals surface area (Å²) in [6.07, 6.45) is 0. The number of nitro benzene ring substituents is 1. The molecule has 130 valence electrons. The molecule has 1 heterocycles. The van der Waals surface area contributed by atoms with E-state index in [9.17, 15) is 14.5 Å². The van der Waals surface area contributed by atoms with Crippen molar-refractivity contribution in [1.29, 1.82) is 0 Å². The number of hydrogen-bond acceptors (Lipinski definition) is 4. The Morgan fingerprint density at radius 3 is 2.36 bits per heavy atom. The number of piperazine rings is 1. The molecule has 1 aliphatic rings. The van der Waals surface area contributed by atoms with Crippen LogP contribution >= 0.6 is 12.2 Å². The van der Waals surface area contributed by atoms with E-state index in [4.69, 9.17) is 12.2 Å². The second-order valence-corrected chi connectivity index (χ2v) is 6.04. The Hall–Kier alpha value is -2.74. The van der Waals surface area contributed by atoms with E-state index in [1.165, 1.54) is 18.2 Å². The minimum Gasteiger partial charge on any atom is -0.368 e. The van der Waals surface area contributed by atoms with Gasteiger partial charge in [0.1, 0.15) is 11.5 Å². The molecule has 3 rings (SSSR count). The number of benzene rings is 2. The zero-order valence-electron chi connectivity index (χ0n) is 13.4. The van der Waals surface area contributed by atoms with Crippen molar-refractivity contribution >= 4 is 34.4 Å². The highest BCUT2D eigenvalue weighted by Crippen LogP contribution is 2.24. The third-order valence-electron chi connectivity index (χ3n) is 4.10. The number of nitrogens with one attached hydrogen (secondary N) is 1. The van der Waals surface area contributed by atoms with Crippen LogP contribution in [0.3, 0.4) is 0 Å². The molecule has 0 saturated carbocycles. The zero-order valence-corrected chi connectivity index (χ0v) is 14.2. The standard InChI is InChI=1S/C17H17FN4O2S/c18-13-5-7-14(8-6-13)20-9-11-21(12-10-20)17(25)19-15-3-1-2-4-16(15)22(23)24/h1-8H,9-12H2,(H,19,25). The van der Waals surface area contributed by atoms with Crippen molar-refractivity contribution in [1.82, 2.24) is 4.90 Å². The smallest absolute Gasteiger partial charge is 0.292 e. The van der Waals surface area contributed by atoms with E-state index < -0.39 is 4.92 Å². The van der Waals surface area contributed by atoms with Gasteiger partial charge in [-0.15, -0.1) is 0 Å². The van der Waals surface area contributed by atoms with Crippen LogP contribution in [0, 0.1) is 15.9 Å². The summed E-state index contributed by atoms with van der Waals surface area (Å²) in [6, 6.07) is 12.8. The summed E-state index contributed by atoms with van der Waals surface area (Å²) in [7, 11) is 0. The van der Waals surface area contributed by atoms with Gasteiger partial charge in [-0.2, -0.15) is 0 Å². The van der Waals surface area contributed by atoms with Crippen molar-refractivity contribution in [2.24, 2.45) is 0 Å². The van der Waals surface area contributed by atoms with Crippen LogP contribution in [0.5, 0.6) is 0 Å². The Balaban J connectivity index is 1.60. The highest BCUT2D eigenvalue weighted by Gasteiger charge is 2.21. The van der Waals surface area contributed by atoms with Crippen molar-refractivity contribution in [3.8, 4) is 0 Å². The zero-order chi connectivity index (χ0) is 17.8. The van der Waals surface area contributed by atoms with Crippen LogP contribution in [-0.4, -0.2) is 41.1 Å². The maximum Gasteiger partial charge on any atom is 0.292 e. The van der Waals surface area contributed by atoms with Gasteiger partial charge in [0, 0.05) is 37.9 Å². The SMILES string of the molecule is O=[N+]([O-])c1ccccc1NC(=S)N1CCN(c2ccc(F)cc2)CC1. The van der Waals surface area contributed by atoms with Crippen molar-refractivity contribution in [3.63, 3.8) is 0 Å². The Morgan fingerprint density at radius 1 is 1.08 bits per heavy atom. The maximum absolute atomic E-state index is 13.0. The monoisotopic (exact) mass is 360 g/mol. The molecular formula is C17H17FN4O2S. The topological polar surface area (TPSA) is 61.7 Å². The lowest BCUT2D eigenvalue weighted by Gasteiger charge is -2.37. The Labute approximate surface area is 150 Å². The Bertz CT molecular complexity index is 776. The van der Waals surface area contributed by atoms with Crippen molar-refractivity contribution < 1.29 is 9.31 Å². The van der Waals surface area contributed by atoms with Crippen molar-refractivity contribution in [2.45, 2.75) is 0 Å². The number of halogens is 1. The molecule has 2 aromatic carbocycles. The molecule has 0 bridgehead atoms. The molecular weight excluding hydrogens is 343 g/mol. The molecule has 0 spiro atoms. The van der Waals surface area contributed by atoms with Gasteiger partial charge in [0.2, 0.25) is 0 Å². The molecule has 0 unspecified atom stereocenters. The number of rotatable bonds is 3. The van der Waals surface area contributed by atoms with E-state index in [1.54, 1.807) is 30.3 Å². The van der Waals surface area contributed by atoms with Crippen LogP contribution in [0.25, 0.3) is 0 Å². The molecule has 1 aliphatic heterocycles. The van der Waals surface area contributed by atoms with Crippen LogP contribution in [0.1, 0.15) is 0 Å². The van der Waals surface area contributed by atoms with E-state index in [0.717, 1.165) is 18.8 Å². The predicted octanol–water partition coefficient (Wildman–Crippen LogP) is 3.25. The fourth-order valence-corrected chi connectivity index (χ4v) is 3.04. The summed E-state index contributed by atoms with van der Waals surface area (Å²) in [5.74, 6) is -0.253. The highest BCUT2D eigenvalue weighted by atomic mass is 32.1. The Kier molecular flexibility index (Phi) is 5.08. The van der Waals surface area contributed by atoms with Crippen molar-refractivity contribution in [3.05, 3.63) is 64.5 Å². The fourth-order valence-electron chi connectivity index (χ4n) is 2.75. The number of nitrogens with zero attached hydrogens (tertiary/aromatic N) is 3. The van der Waals surface area contributed by atoms with Crippen LogP contribution < -0.4 is 10.2 Å². The first kappa shape index (κ1) is 17.1. The molecule has 2 aromatic rings. The second-order valence-electron chi connectivity index (χ2n) is 5.65. The van der Waals surface area contributed by atoms with Gasteiger partial charge < -0.3 is 15.1 Å². The van der Waals surface area contributed by atoms with Crippen LogP contribution in [0.2, 0.25) is 0 Å². The summed E-state index contributed by atoms with van der Waals surface area (Å²) in [6.45, 7) is 2.85. The van der Waals surface area contributed by atoms with Gasteiger partial charge in [0.25, 0.3) is 5.69 Å². The van der Waals surface area contributed by atoms with Gasteiger partial charge in [0.15, 0.2) is 5.11 Å². The first-order valence-corrected chi connectivity index (χ1v) is 8.25. The predicted molar refractivity (Wildman–Crippen MR) is 99.5 cm³/mol. The largest absolute Gasteiger partial charge is 0.368 e. The summed E-state index contributed by atoms with van der Waals surface area (Å²) < 4.78 is 13.0. The quantitative estimate of drug-likeness (QED) is 0.515. The van der Waals surface area contributed by atoms with Gasteiger partial charge in [-0.25, -0.2) is 4.39 Å². The van der Waals surface area contributed by atoms with Gasteiger partial charge in [-0.1, -0.05) is 12.1 Å². The van der Waals surface area contributed by atoms with E-state index in [-0.39, 0.29) is 11.5 Å². The lowest BCUT2D eigenvalue weighted by molar-refractivity contribution is -0.383. The van der Waals surface area contributed by atoms with E-state index in [1.807, 2.05) is 4.90 Å². The molecule has 8 heteroatoms. The third-order valence-corrected chi connectivity index (χ3v) is 4.46. The maximum atomic E-state index is 13.0. The number of para-hydroxylation sites is 2. The molecule has 0 aromatic heterocycles. The average molecular weight is 360 g/mol. The average Bonchev–Trinajstić information content (AvgIpc) is 2.63. The van der Waals surface area contributed by atoms with E-state index in [0.29, 0.717) is 23.9 Å². The minimum atomic E-state index is -0.433. The van der Waals surface area contributed by atoms with Gasteiger partial charge in [-0.3, -0.25) is 10.1 Å². The molecule has 0 amide bonds. The normalized spacial score (nSPS) is 14.3. The van der Waals surface area contributed by atoms with Crippen molar-refractivity contribution in [2.75, 3.05) is 36.4 Å². The highest BCUT2D eigenvalue weighted by molar-refractivity contribution is 7.80. The lowest BCUT2D eigenvalue weighted by atomic mass is 10.2. The van der Waals surface area contributed by atoms with E-state index >= 15 is 0 Å². The number of anilines is 2. The molecule has 1 fully saturated rings. The Morgan fingerprint density at radius 2 is 1.72 bits per heavy atom. The number of hydrogen-bond donors (Lipinski definition) is 1. The molecule has 0 atom stereocenters. The molecule has 1 N–H and O–H groups in total. The summed E-state index contributed by atoms with van der Waals surface area (Å²) >= 11 is 5.40. The van der Waals surface area contributed by atoms with Gasteiger partial charge in [-0.05, 0) is 42.5 Å². The second kappa shape index (κ2) is 7.43. The van der Waals surface area contributed by atoms with Crippen LogP contribution in [0.4, 0.5) is 21.5 Å². The molecule has 25 heavy (non-hydrogen) atoms. The van der Waals surface area contributed by atoms with Gasteiger partial charge in [0.05, 0.1) is 4.92 Å². The first-order valence-electron chi connectivity index (χ1n) is 7.84. The summed E-state index contributed by atoms with van der Waals surface area (Å²) in [5.41, 5.74) is 1.35. The number of nitro groups is 1. The molecule has 6 nitrogen and oxygen atoms in total. The molecule has 0 aliphatic carbocycles. The first-order chi connectivity index (χ1) is 12.0. The minimum absolute atomic E-state index is 0.00482. The third kappa shape index (κ3) is 4.03. The lowest BCUT2D eigenvalue weighted by Crippen LogP contribution is -2.50. The fraction of sp³-hybridized carbons (Fsp3) is 0.235. The molecule has 1 saturated heterocycles. The van der Waals surface area contributed by atoms with Crippen LogP contribution in [0.15, 0.2) is 48.5 Å².